The first-order chi connectivity index (χ1) is 10.1. The highest BCUT2D eigenvalue weighted by atomic mass is 15.1. The fourth-order valence-electron chi connectivity index (χ4n) is 3.17. The van der Waals surface area contributed by atoms with Gasteiger partial charge in [0.05, 0.1) is 11.0 Å². The molecule has 3 heteroatoms. The van der Waals surface area contributed by atoms with Crippen LogP contribution in [-0.4, -0.2) is 16.1 Å². The van der Waals surface area contributed by atoms with E-state index in [2.05, 4.69) is 50.5 Å². The number of rotatable bonds is 7. The summed E-state index contributed by atoms with van der Waals surface area (Å²) < 4.78 is 2.36. The van der Waals surface area contributed by atoms with Crippen LogP contribution in [0, 0.1) is 18.8 Å². The lowest BCUT2D eigenvalue weighted by Crippen LogP contribution is -2.16. The van der Waals surface area contributed by atoms with Gasteiger partial charge in [-0.05, 0) is 62.8 Å². The third-order valence-corrected chi connectivity index (χ3v) is 4.52. The first kappa shape index (κ1) is 16.0. The Morgan fingerprint density at radius 1 is 1.24 bits per heavy atom. The number of hydrogen-bond acceptors (Lipinski definition) is 2. The molecule has 0 amide bonds. The molecule has 1 unspecified atom stereocenters. The van der Waals surface area contributed by atoms with E-state index in [1.165, 1.54) is 23.3 Å². The minimum Gasteiger partial charge on any atom is -0.330 e. The first-order valence-electron chi connectivity index (χ1n) is 8.22. The number of aromatic nitrogens is 2. The summed E-state index contributed by atoms with van der Waals surface area (Å²) in [6.45, 7) is 10.7. The van der Waals surface area contributed by atoms with E-state index in [1.807, 2.05) is 0 Å². The molecule has 0 bridgehead atoms. The van der Waals surface area contributed by atoms with Crippen molar-refractivity contribution in [1.82, 2.24) is 9.55 Å². The van der Waals surface area contributed by atoms with Crippen molar-refractivity contribution in [3.8, 4) is 0 Å². The van der Waals surface area contributed by atoms with Gasteiger partial charge in [-0.3, -0.25) is 0 Å². The lowest BCUT2D eigenvalue weighted by atomic mass is 9.88. The molecule has 0 aliphatic rings. The predicted molar refractivity (Wildman–Crippen MR) is 90.5 cm³/mol. The van der Waals surface area contributed by atoms with Gasteiger partial charge >= 0.3 is 0 Å². The van der Waals surface area contributed by atoms with Crippen LogP contribution in [0.2, 0.25) is 0 Å². The zero-order valence-electron chi connectivity index (χ0n) is 13.9. The normalized spacial score (nSPS) is 13.2. The van der Waals surface area contributed by atoms with E-state index in [-0.39, 0.29) is 0 Å². The Kier molecular flexibility index (Phi) is 5.40. The largest absolute Gasteiger partial charge is 0.330 e. The lowest BCUT2D eigenvalue weighted by molar-refractivity contribution is 0.338. The number of aryl methyl sites for hydroxylation is 3. The summed E-state index contributed by atoms with van der Waals surface area (Å²) in [6.07, 6.45) is 3.34. The van der Waals surface area contributed by atoms with E-state index in [0.29, 0.717) is 11.8 Å². The zero-order valence-corrected chi connectivity index (χ0v) is 13.9. The highest BCUT2D eigenvalue weighted by Gasteiger charge is 2.15. The number of nitrogens with two attached hydrogens (primary N) is 1. The summed E-state index contributed by atoms with van der Waals surface area (Å²) in [7, 11) is 0. The van der Waals surface area contributed by atoms with Crippen LogP contribution < -0.4 is 5.73 Å². The topological polar surface area (TPSA) is 43.8 Å². The Hall–Kier alpha value is -1.35. The number of fused-ring (bicyclic) bond motifs is 1. The molecular weight excluding hydrogens is 258 g/mol. The average molecular weight is 287 g/mol. The van der Waals surface area contributed by atoms with Crippen LogP contribution in [0.5, 0.6) is 0 Å². The van der Waals surface area contributed by atoms with Crippen LogP contribution in [0.1, 0.15) is 45.0 Å². The number of imidazole rings is 1. The number of nitrogens with zero attached hydrogens (tertiary/aromatic N) is 2. The van der Waals surface area contributed by atoms with E-state index < -0.39 is 0 Å². The summed E-state index contributed by atoms with van der Waals surface area (Å²) in [5.41, 5.74) is 9.42. The molecule has 2 aromatic rings. The number of hydrogen-bond donors (Lipinski definition) is 1. The molecule has 0 aliphatic heterocycles. The van der Waals surface area contributed by atoms with Gasteiger partial charge in [-0.15, -0.1) is 0 Å². The highest BCUT2D eigenvalue weighted by molar-refractivity contribution is 5.76. The molecule has 3 nitrogen and oxygen atoms in total. The van der Waals surface area contributed by atoms with Gasteiger partial charge in [-0.1, -0.05) is 19.9 Å². The first-order valence-corrected chi connectivity index (χ1v) is 8.22. The molecule has 21 heavy (non-hydrogen) atoms. The Morgan fingerprint density at radius 3 is 2.62 bits per heavy atom. The van der Waals surface area contributed by atoms with Gasteiger partial charge in [0.15, 0.2) is 0 Å². The van der Waals surface area contributed by atoms with Crippen LogP contribution in [0.4, 0.5) is 0 Å². The molecule has 0 spiro atoms. The standard InChI is InChI=1S/C18H29N3/c1-5-21-17-8-6-14(4)12-16(17)20-18(21)9-7-15(10-11-19)13(2)3/h6,8,12-13,15H,5,7,9-11,19H2,1-4H3. The van der Waals surface area contributed by atoms with Crippen molar-refractivity contribution in [3.05, 3.63) is 29.6 Å². The van der Waals surface area contributed by atoms with Gasteiger partial charge in [-0.2, -0.15) is 0 Å². The molecule has 0 radical (unpaired) electrons. The number of benzene rings is 1. The van der Waals surface area contributed by atoms with Crippen LogP contribution in [0.15, 0.2) is 18.2 Å². The zero-order chi connectivity index (χ0) is 15.4. The van der Waals surface area contributed by atoms with Gasteiger partial charge in [0.2, 0.25) is 0 Å². The second-order valence-electron chi connectivity index (χ2n) is 6.38. The van der Waals surface area contributed by atoms with Crippen LogP contribution in [-0.2, 0) is 13.0 Å². The van der Waals surface area contributed by atoms with E-state index in [1.54, 1.807) is 0 Å². The van der Waals surface area contributed by atoms with Crippen LogP contribution in [0.3, 0.4) is 0 Å². The molecule has 0 aliphatic carbocycles. The lowest BCUT2D eigenvalue weighted by Gasteiger charge is -2.20. The maximum Gasteiger partial charge on any atom is 0.109 e. The Labute approximate surface area is 128 Å². The summed E-state index contributed by atoms with van der Waals surface area (Å²) in [5, 5.41) is 0. The smallest absolute Gasteiger partial charge is 0.109 e. The van der Waals surface area contributed by atoms with Crippen molar-refractivity contribution in [3.63, 3.8) is 0 Å². The van der Waals surface area contributed by atoms with Gasteiger partial charge in [0.25, 0.3) is 0 Å². The van der Waals surface area contributed by atoms with Gasteiger partial charge in [0, 0.05) is 13.0 Å². The fourth-order valence-corrected chi connectivity index (χ4v) is 3.17. The van der Waals surface area contributed by atoms with Crippen molar-refractivity contribution in [1.29, 1.82) is 0 Å². The second kappa shape index (κ2) is 7.08. The quantitative estimate of drug-likeness (QED) is 0.839. The third kappa shape index (κ3) is 3.65. The molecular formula is C18H29N3. The van der Waals surface area contributed by atoms with E-state index >= 15 is 0 Å². The van der Waals surface area contributed by atoms with E-state index in [9.17, 15) is 0 Å². The molecule has 1 atom stereocenters. The Balaban J connectivity index is 2.21. The molecule has 1 aromatic heterocycles. The van der Waals surface area contributed by atoms with Crippen molar-refractivity contribution >= 4 is 11.0 Å². The van der Waals surface area contributed by atoms with Crippen molar-refractivity contribution in [2.45, 2.75) is 53.5 Å². The molecule has 0 fully saturated rings. The van der Waals surface area contributed by atoms with Crippen molar-refractivity contribution in [2.75, 3.05) is 6.54 Å². The minimum atomic E-state index is 0.690. The monoisotopic (exact) mass is 287 g/mol. The fraction of sp³-hybridized carbons (Fsp3) is 0.611. The Bertz CT molecular complexity index is 583. The average Bonchev–Trinajstić information content (AvgIpc) is 2.79. The Morgan fingerprint density at radius 2 is 2.00 bits per heavy atom. The third-order valence-electron chi connectivity index (χ3n) is 4.52. The van der Waals surface area contributed by atoms with E-state index in [0.717, 1.165) is 31.4 Å². The molecule has 1 heterocycles. The summed E-state index contributed by atoms with van der Waals surface area (Å²) in [4.78, 5) is 4.87. The van der Waals surface area contributed by atoms with Crippen molar-refractivity contribution < 1.29 is 0 Å². The molecule has 116 valence electrons. The minimum absolute atomic E-state index is 0.690. The van der Waals surface area contributed by atoms with Gasteiger partial charge < -0.3 is 10.3 Å². The molecule has 2 N–H and O–H groups in total. The summed E-state index contributed by atoms with van der Waals surface area (Å²) in [5.74, 6) is 2.61. The molecule has 1 aromatic carbocycles. The predicted octanol–water partition coefficient (Wildman–Crippen LogP) is 3.92. The maximum absolute atomic E-state index is 5.75. The second-order valence-corrected chi connectivity index (χ2v) is 6.38. The maximum atomic E-state index is 5.75. The molecule has 0 saturated heterocycles. The SMILES string of the molecule is CCn1c(CCC(CCN)C(C)C)nc2cc(C)ccc21. The molecule has 2 rings (SSSR count). The van der Waals surface area contributed by atoms with Crippen LogP contribution >= 0.6 is 0 Å². The summed E-state index contributed by atoms with van der Waals surface area (Å²) >= 11 is 0. The molecule has 0 saturated carbocycles. The van der Waals surface area contributed by atoms with Crippen molar-refractivity contribution in [2.24, 2.45) is 17.6 Å². The van der Waals surface area contributed by atoms with Gasteiger partial charge in [0.1, 0.15) is 5.82 Å². The highest BCUT2D eigenvalue weighted by Crippen LogP contribution is 2.23. The van der Waals surface area contributed by atoms with E-state index in [4.69, 9.17) is 10.7 Å². The van der Waals surface area contributed by atoms with Gasteiger partial charge in [-0.25, -0.2) is 4.98 Å². The van der Waals surface area contributed by atoms with Crippen LogP contribution in [0.25, 0.3) is 11.0 Å². The summed E-state index contributed by atoms with van der Waals surface area (Å²) in [6, 6.07) is 6.56.